The molecule has 0 aliphatic rings. The molecular weight excluding hydrogens is 514 g/mol. The maximum Gasteiger partial charge on any atom is 0.338 e. The van der Waals surface area contributed by atoms with Crippen molar-refractivity contribution in [2.45, 2.75) is 6.92 Å². The van der Waals surface area contributed by atoms with E-state index in [2.05, 4.69) is 10.6 Å². The molecule has 4 aromatic rings. The van der Waals surface area contributed by atoms with Crippen molar-refractivity contribution < 1.29 is 33.3 Å². The van der Waals surface area contributed by atoms with Crippen LogP contribution in [-0.2, 0) is 9.53 Å². The third-order valence-electron chi connectivity index (χ3n) is 5.99. The summed E-state index contributed by atoms with van der Waals surface area (Å²) in [5.41, 5.74) is 2.80. The minimum atomic E-state index is -0.487. The van der Waals surface area contributed by atoms with Crippen LogP contribution in [0.1, 0.15) is 27.6 Å². The van der Waals surface area contributed by atoms with Crippen molar-refractivity contribution in [3.8, 4) is 28.5 Å². The Morgan fingerprint density at radius 3 is 2.25 bits per heavy atom. The average molecular weight is 544 g/mol. The molecule has 0 spiro atoms. The first-order valence-corrected chi connectivity index (χ1v) is 12.4. The largest absolute Gasteiger partial charge is 0.493 e. The van der Waals surface area contributed by atoms with Gasteiger partial charge in [0.05, 0.1) is 56.8 Å². The van der Waals surface area contributed by atoms with Crippen LogP contribution in [0, 0.1) is 0 Å². The molecule has 0 atom stereocenters. The Labute approximate surface area is 231 Å². The smallest absolute Gasteiger partial charge is 0.338 e. The number of nitrogens with one attached hydrogen (secondary N) is 2. The molecule has 206 valence electrons. The number of carbonyl (C=O) groups excluding carboxylic acids is 3. The van der Waals surface area contributed by atoms with Crippen LogP contribution in [0.25, 0.3) is 22.2 Å². The lowest BCUT2D eigenvalue weighted by Crippen LogP contribution is -2.33. The number of pyridine rings is 1. The summed E-state index contributed by atoms with van der Waals surface area (Å²) in [5, 5.41) is 5.98. The van der Waals surface area contributed by atoms with Crippen molar-refractivity contribution in [1.82, 2.24) is 10.3 Å². The zero-order valence-corrected chi connectivity index (χ0v) is 22.6. The molecule has 0 unspecified atom stereocenters. The van der Waals surface area contributed by atoms with E-state index in [0.717, 1.165) is 0 Å². The first-order valence-electron chi connectivity index (χ1n) is 12.4. The molecule has 0 fully saturated rings. The molecule has 40 heavy (non-hydrogen) atoms. The van der Waals surface area contributed by atoms with Gasteiger partial charge in [0.1, 0.15) is 0 Å². The quantitative estimate of drug-likeness (QED) is 0.281. The van der Waals surface area contributed by atoms with Crippen molar-refractivity contribution in [3.63, 3.8) is 0 Å². The third-order valence-corrected chi connectivity index (χ3v) is 5.99. The summed E-state index contributed by atoms with van der Waals surface area (Å²) in [6.45, 7) is 1.66. The number of benzene rings is 3. The lowest BCUT2D eigenvalue weighted by Gasteiger charge is -2.15. The lowest BCUT2D eigenvalue weighted by atomic mass is 10.0. The summed E-state index contributed by atoms with van der Waals surface area (Å²) in [6, 6.07) is 18.8. The van der Waals surface area contributed by atoms with Crippen LogP contribution in [0.3, 0.4) is 0 Å². The van der Waals surface area contributed by atoms with Crippen LogP contribution in [0.5, 0.6) is 17.2 Å². The first-order chi connectivity index (χ1) is 19.4. The SMILES string of the molecule is CCOC(=O)c1cccc(NC(=O)CNC(=O)c2cc(-c3cc(OC)c(OC)c(OC)c3)nc3ccccc23)c1. The molecule has 4 rings (SSSR count). The Balaban J connectivity index is 1.58. The van der Waals surface area contributed by atoms with E-state index in [1.807, 2.05) is 12.1 Å². The number of hydrogen-bond acceptors (Lipinski definition) is 8. The van der Waals surface area contributed by atoms with Crippen LogP contribution in [0.4, 0.5) is 5.69 Å². The van der Waals surface area contributed by atoms with Gasteiger partial charge in [-0.3, -0.25) is 9.59 Å². The number of ether oxygens (including phenoxy) is 4. The number of aromatic nitrogens is 1. The number of methoxy groups -OCH3 is 3. The van der Waals surface area contributed by atoms with Crippen LogP contribution in [-0.4, -0.2) is 57.2 Å². The monoisotopic (exact) mass is 543 g/mol. The molecule has 0 bridgehead atoms. The highest BCUT2D eigenvalue weighted by molar-refractivity contribution is 6.08. The second-order valence-corrected chi connectivity index (χ2v) is 8.52. The van der Waals surface area contributed by atoms with Gasteiger partial charge >= 0.3 is 5.97 Å². The topological polar surface area (TPSA) is 125 Å². The summed E-state index contributed by atoms with van der Waals surface area (Å²) in [4.78, 5) is 42.6. The van der Waals surface area contributed by atoms with Crippen molar-refractivity contribution in [2.24, 2.45) is 0 Å². The van der Waals surface area contributed by atoms with Crippen LogP contribution < -0.4 is 24.8 Å². The van der Waals surface area contributed by atoms with Gasteiger partial charge < -0.3 is 29.6 Å². The van der Waals surface area contributed by atoms with Crippen molar-refractivity contribution in [2.75, 3.05) is 39.8 Å². The maximum atomic E-state index is 13.3. The fraction of sp³-hybridized carbons (Fsp3) is 0.200. The molecular formula is C30H29N3O7. The number of nitrogens with zero attached hydrogens (tertiary/aromatic N) is 1. The first kappa shape index (κ1) is 27.9. The molecule has 10 heteroatoms. The van der Waals surface area contributed by atoms with Gasteiger partial charge in [-0.15, -0.1) is 0 Å². The number of para-hydroxylation sites is 1. The van der Waals surface area contributed by atoms with Crippen LogP contribution >= 0.6 is 0 Å². The van der Waals surface area contributed by atoms with E-state index in [9.17, 15) is 14.4 Å². The Bertz CT molecular complexity index is 1540. The van der Waals surface area contributed by atoms with E-state index in [4.69, 9.17) is 23.9 Å². The lowest BCUT2D eigenvalue weighted by molar-refractivity contribution is -0.115. The Morgan fingerprint density at radius 2 is 1.57 bits per heavy atom. The normalized spacial score (nSPS) is 10.5. The maximum absolute atomic E-state index is 13.3. The zero-order valence-electron chi connectivity index (χ0n) is 22.6. The van der Waals surface area contributed by atoms with Crippen LogP contribution in [0.2, 0.25) is 0 Å². The number of rotatable bonds is 10. The second kappa shape index (κ2) is 12.6. The zero-order chi connectivity index (χ0) is 28.6. The summed E-state index contributed by atoms with van der Waals surface area (Å²) < 4.78 is 21.3. The van der Waals surface area contributed by atoms with E-state index < -0.39 is 17.8 Å². The number of carbonyl (C=O) groups is 3. The molecule has 0 saturated heterocycles. The number of amides is 2. The van der Waals surface area contributed by atoms with E-state index >= 15 is 0 Å². The molecule has 3 aromatic carbocycles. The van der Waals surface area contributed by atoms with Gasteiger partial charge in [-0.05, 0) is 49.4 Å². The summed E-state index contributed by atoms with van der Waals surface area (Å²) in [5.74, 6) is -0.0750. The molecule has 1 aromatic heterocycles. The van der Waals surface area contributed by atoms with Gasteiger partial charge in [-0.2, -0.15) is 0 Å². The van der Waals surface area contributed by atoms with Gasteiger partial charge in [0, 0.05) is 16.6 Å². The number of hydrogen-bond donors (Lipinski definition) is 2. The molecule has 0 radical (unpaired) electrons. The fourth-order valence-electron chi connectivity index (χ4n) is 4.14. The van der Waals surface area contributed by atoms with E-state index in [1.54, 1.807) is 55.5 Å². The predicted molar refractivity (Wildman–Crippen MR) is 150 cm³/mol. The predicted octanol–water partition coefficient (Wildman–Crippen LogP) is 4.47. The van der Waals surface area contributed by atoms with Crippen molar-refractivity contribution >= 4 is 34.4 Å². The standard InChI is InChI=1S/C30H29N3O7/c1-5-40-30(36)18-9-8-10-20(13-18)32-27(34)17-31-29(35)22-16-24(33-23-12-7-6-11-21(22)23)19-14-25(37-2)28(39-4)26(15-19)38-3/h6-16H,5,17H2,1-4H3,(H,31,35)(H,32,34). The number of anilines is 1. The molecule has 0 aliphatic heterocycles. The number of esters is 1. The van der Waals surface area contributed by atoms with Gasteiger partial charge in [-0.1, -0.05) is 24.3 Å². The minimum Gasteiger partial charge on any atom is -0.493 e. The molecule has 0 saturated carbocycles. The summed E-state index contributed by atoms with van der Waals surface area (Å²) in [6.07, 6.45) is 0. The second-order valence-electron chi connectivity index (χ2n) is 8.52. The van der Waals surface area contributed by atoms with Gasteiger partial charge in [-0.25, -0.2) is 9.78 Å². The molecule has 10 nitrogen and oxygen atoms in total. The van der Waals surface area contributed by atoms with Crippen LogP contribution in [0.15, 0.2) is 66.7 Å². The molecule has 1 heterocycles. The third kappa shape index (κ3) is 6.12. The Morgan fingerprint density at radius 1 is 0.850 bits per heavy atom. The minimum absolute atomic E-state index is 0.242. The fourth-order valence-corrected chi connectivity index (χ4v) is 4.14. The molecule has 2 N–H and O–H groups in total. The van der Waals surface area contributed by atoms with Gasteiger partial charge in [0.2, 0.25) is 11.7 Å². The van der Waals surface area contributed by atoms with Crippen molar-refractivity contribution in [1.29, 1.82) is 0 Å². The van der Waals surface area contributed by atoms with E-state index in [0.29, 0.717) is 56.2 Å². The highest BCUT2D eigenvalue weighted by atomic mass is 16.5. The summed E-state index contributed by atoms with van der Waals surface area (Å²) in [7, 11) is 4.56. The average Bonchev–Trinajstić information content (AvgIpc) is 2.98. The van der Waals surface area contributed by atoms with Crippen molar-refractivity contribution in [3.05, 3.63) is 77.9 Å². The molecule has 2 amide bonds. The molecule has 0 aliphatic carbocycles. The van der Waals surface area contributed by atoms with E-state index in [-0.39, 0.29) is 13.2 Å². The Hall–Kier alpha value is -5.12. The highest BCUT2D eigenvalue weighted by Crippen LogP contribution is 2.41. The Kier molecular flexibility index (Phi) is 8.80. The summed E-state index contributed by atoms with van der Waals surface area (Å²) >= 11 is 0. The van der Waals surface area contributed by atoms with Gasteiger partial charge in [0.15, 0.2) is 11.5 Å². The highest BCUT2D eigenvalue weighted by Gasteiger charge is 2.19. The number of fused-ring (bicyclic) bond motifs is 1. The van der Waals surface area contributed by atoms with Gasteiger partial charge in [0.25, 0.3) is 5.91 Å². The van der Waals surface area contributed by atoms with E-state index in [1.165, 1.54) is 27.4 Å².